The Hall–Kier alpha value is -3.15. The zero-order chi connectivity index (χ0) is 27.5. The Morgan fingerprint density at radius 3 is 2.74 bits per heavy atom. The summed E-state index contributed by atoms with van der Waals surface area (Å²) in [5, 5.41) is 13.7. The molecule has 1 unspecified atom stereocenters. The lowest BCUT2D eigenvalue weighted by molar-refractivity contribution is -0.136. The predicted octanol–water partition coefficient (Wildman–Crippen LogP) is 4.23. The normalized spacial score (nSPS) is 23.3. The summed E-state index contributed by atoms with van der Waals surface area (Å²) in [4.78, 5) is 24.0. The minimum atomic E-state index is -4.49. The number of aromatic amines is 1. The van der Waals surface area contributed by atoms with Crippen molar-refractivity contribution in [2.45, 2.75) is 57.1 Å². The molecular formula is C28H32F3N5O3. The number of β-amino-alcohol motifs (C(OH)–C–C–N with tert-alkyl or cyclic N) is 1. The minimum absolute atomic E-state index is 0.0329. The van der Waals surface area contributed by atoms with Crippen LogP contribution in [0.2, 0.25) is 0 Å². The number of fused-ring (bicyclic) bond motifs is 2. The van der Waals surface area contributed by atoms with Crippen LogP contribution in [0.15, 0.2) is 30.6 Å². The van der Waals surface area contributed by atoms with E-state index in [1.54, 1.807) is 11.1 Å². The van der Waals surface area contributed by atoms with E-state index in [0.717, 1.165) is 28.5 Å². The summed E-state index contributed by atoms with van der Waals surface area (Å²) < 4.78 is 46.5. The van der Waals surface area contributed by atoms with E-state index in [1.807, 2.05) is 30.9 Å². The van der Waals surface area contributed by atoms with Crippen molar-refractivity contribution in [1.29, 1.82) is 0 Å². The van der Waals surface area contributed by atoms with E-state index >= 15 is 0 Å². The van der Waals surface area contributed by atoms with Gasteiger partial charge in [0.1, 0.15) is 5.65 Å². The van der Waals surface area contributed by atoms with Crippen LogP contribution < -0.4 is 5.32 Å². The highest BCUT2D eigenvalue weighted by Gasteiger charge is 2.43. The summed E-state index contributed by atoms with van der Waals surface area (Å²) in [6.07, 6.45) is -1.33. The van der Waals surface area contributed by atoms with Gasteiger partial charge in [-0.2, -0.15) is 13.2 Å². The summed E-state index contributed by atoms with van der Waals surface area (Å²) in [5.74, 6) is 0. The molecule has 8 nitrogen and oxygen atoms in total. The molecule has 0 radical (unpaired) electrons. The van der Waals surface area contributed by atoms with Gasteiger partial charge in [-0.3, -0.25) is 0 Å². The number of amides is 2. The quantitative estimate of drug-likeness (QED) is 0.450. The minimum Gasteiger partial charge on any atom is -0.391 e. The molecule has 2 amide bonds. The third-order valence-electron chi connectivity index (χ3n) is 8.20. The number of aliphatic hydroxyl groups is 1. The van der Waals surface area contributed by atoms with Gasteiger partial charge in [0.15, 0.2) is 0 Å². The number of likely N-dealkylation sites (tertiary alicyclic amines) is 1. The smallest absolute Gasteiger partial charge is 0.391 e. The van der Waals surface area contributed by atoms with Crippen LogP contribution in [0.3, 0.4) is 0 Å². The zero-order valence-electron chi connectivity index (χ0n) is 21.9. The number of carbonyl (C=O) groups is 1. The van der Waals surface area contributed by atoms with Gasteiger partial charge in [0.25, 0.3) is 0 Å². The lowest BCUT2D eigenvalue weighted by atomic mass is 9.87. The average molecular weight is 544 g/mol. The number of nitrogens with zero attached hydrogens (tertiary/aromatic N) is 3. The van der Waals surface area contributed by atoms with E-state index in [2.05, 4.69) is 15.3 Å². The van der Waals surface area contributed by atoms with Gasteiger partial charge in [-0.15, -0.1) is 0 Å². The van der Waals surface area contributed by atoms with Crippen molar-refractivity contribution in [2.75, 3.05) is 32.8 Å². The second-order valence-electron chi connectivity index (χ2n) is 11.3. The lowest BCUT2D eigenvalue weighted by Gasteiger charge is -2.39. The van der Waals surface area contributed by atoms with E-state index in [-0.39, 0.29) is 23.1 Å². The van der Waals surface area contributed by atoms with Gasteiger partial charge in [0, 0.05) is 55.1 Å². The highest BCUT2D eigenvalue weighted by atomic mass is 19.4. The van der Waals surface area contributed by atoms with Gasteiger partial charge >= 0.3 is 12.2 Å². The maximum absolute atomic E-state index is 13.6. The van der Waals surface area contributed by atoms with Crippen LogP contribution in [0.4, 0.5) is 18.0 Å². The highest BCUT2D eigenvalue weighted by molar-refractivity contribution is 5.85. The summed E-state index contributed by atoms with van der Waals surface area (Å²) in [6, 6.07) is 5.34. The number of carbonyl (C=O) groups excluding carboxylic acids is 1. The molecule has 5 heterocycles. The van der Waals surface area contributed by atoms with E-state index < -0.39 is 23.4 Å². The van der Waals surface area contributed by atoms with Crippen molar-refractivity contribution < 1.29 is 27.8 Å². The number of aliphatic hydroxyl groups excluding tert-OH is 1. The van der Waals surface area contributed by atoms with Crippen molar-refractivity contribution in [3.05, 3.63) is 52.8 Å². The van der Waals surface area contributed by atoms with Crippen LogP contribution >= 0.6 is 0 Å². The third kappa shape index (κ3) is 4.76. The number of aromatic nitrogens is 2. The van der Waals surface area contributed by atoms with Crippen LogP contribution in [0.25, 0.3) is 22.2 Å². The fraction of sp³-hybridized carbons (Fsp3) is 0.500. The molecule has 2 aromatic heterocycles. The van der Waals surface area contributed by atoms with Crippen LogP contribution in [0.1, 0.15) is 48.6 Å². The molecule has 2 fully saturated rings. The molecular weight excluding hydrogens is 511 g/mol. The first-order valence-corrected chi connectivity index (χ1v) is 13.3. The standard InChI is InChI=1S/C28H32F3N5O3/c1-27(2)10-19(37)13-36(27)26(38)35-5-3-16-7-17(8-20(22(16)14-35)24-15-39-6-4-32-24)18-9-21-23(28(29,30)31)12-34-25(21)33-11-18/h7-9,11-12,19,24,32,37H,3-6,10,13-15H2,1-2H3,(H,33,34)/t19?,24-/m0/s1. The van der Waals surface area contributed by atoms with Crippen molar-refractivity contribution in [3.8, 4) is 11.1 Å². The van der Waals surface area contributed by atoms with Crippen LogP contribution in [-0.2, 0) is 23.9 Å². The summed E-state index contributed by atoms with van der Waals surface area (Å²) >= 11 is 0. The third-order valence-corrected chi connectivity index (χ3v) is 8.20. The maximum Gasteiger partial charge on any atom is 0.418 e. The first-order chi connectivity index (χ1) is 18.5. The molecule has 11 heteroatoms. The Kier molecular flexibility index (Phi) is 6.35. The fourth-order valence-corrected chi connectivity index (χ4v) is 6.22. The molecule has 2 atom stereocenters. The molecule has 0 bridgehead atoms. The fourth-order valence-electron chi connectivity index (χ4n) is 6.22. The molecule has 2 saturated heterocycles. The summed E-state index contributed by atoms with van der Waals surface area (Å²) in [7, 11) is 0. The molecule has 0 aliphatic carbocycles. The van der Waals surface area contributed by atoms with Gasteiger partial charge in [-0.05, 0) is 61.1 Å². The van der Waals surface area contributed by atoms with E-state index in [9.17, 15) is 23.1 Å². The van der Waals surface area contributed by atoms with Gasteiger partial charge in [-0.25, -0.2) is 9.78 Å². The topological polar surface area (TPSA) is 93.7 Å². The largest absolute Gasteiger partial charge is 0.418 e. The van der Waals surface area contributed by atoms with E-state index in [0.29, 0.717) is 57.8 Å². The molecule has 0 saturated carbocycles. The first-order valence-electron chi connectivity index (χ1n) is 13.3. The number of hydrogen-bond acceptors (Lipinski definition) is 5. The second kappa shape index (κ2) is 9.50. The SMILES string of the molecule is CC1(C)CC(O)CN1C(=O)N1CCc2cc(-c3cnc4[nH]cc(C(F)(F)F)c4c3)cc([C@@H]3COCCN3)c2C1. The van der Waals surface area contributed by atoms with Gasteiger partial charge in [-0.1, -0.05) is 6.07 Å². The molecule has 1 aromatic carbocycles. The monoisotopic (exact) mass is 543 g/mol. The lowest BCUT2D eigenvalue weighted by Crippen LogP contribution is -2.51. The molecule has 39 heavy (non-hydrogen) atoms. The number of pyridine rings is 1. The number of ether oxygens (including phenoxy) is 1. The zero-order valence-corrected chi connectivity index (χ0v) is 21.9. The number of rotatable bonds is 2. The van der Waals surface area contributed by atoms with Gasteiger partial charge in [0.2, 0.25) is 0 Å². The molecule has 6 rings (SSSR count). The Morgan fingerprint density at radius 1 is 1.23 bits per heavy atom. The second-order valence-corrected chi connectivity index (χ2v) is 11.3. The molecule has 3 aliphatic heterocycles. The van der Waals surface area contributed by atoms with E-state index in [4.69, 9.17) is 4.74 Å². The number of urea groups is 1. The van der Waals surface area contributed by atoms with Crippen molar-refractivity contribution in [1.82, 2.24) is 25.1 Å². The molecule has 3 N–H and O–H groups in total. The first kappa shape index (κ1) is 26.1. The number of hydrogen-bond donors (Lipinski definition) is 3. The van der Waals surface area contributed by atoms with E-state index in [1.165, 1.54) is 6.07 Å². The van der Waals surface area contributed by atoms with Gasteiger partial charge < -0.3 is 29.9 Å². The molecule has 0 spiro atoms. The predicted molar refractivity (Wildman–Crippen MR) is 139 cm³/mol. The van der Waals surface area contributed by atoms with Crippen molar-refractivity contribution >= 4 is 17.1 Å². The number of halogens is 3. The van der Waals surface area contributed by atoms with Crippen molar-refractivity contribution in [2.24, 2.45) is 0 Å². The molecule has 3 aromatic rings. The number of morpholine rings is 1. The van der Waals surface area contributed by atoms with Gasteiger partial charge in [0.05, 0.1) is 30.9 Å². The average Bonchev–Trinajstić information content (AvgIpc) is 3.46. The van der Waals surface area contributed by atoms with Crippen molar-refractivity contribution in [3.63, 3.8) is 0 Å². The highest BCUT2D eigenvalue weighted by Crippen LogP contribution is 2.38. The molecule has 3 aliphatic rings. The number of nitrogens with one attached hydrogen (secondary N) is 2. The Bertz CT molecular complexity index is 1410. The Morgan fingerprint density at radius 2 is 2.05 bits per heavy atom. The summed E-state index contributed by atoms with van der Waals surface area (Å²) in [6.45, 7) is 6.92. The molecule has 208 valence electrons. The Balaban J connectivity index is 1.38. The van der Waals surface area contributed by atoms with Crippen LogP contribution in [0, 0.1) is 0 Å². The maximum atomic E-state index is 13.6. The Labute approximate surface area is 224 Å². The number of benzene rings is 1. The van der Waals surface area contributed by atoms with Crippen LogP contribution in [-0.4, -0.2) is 75.4 Å². The van der Waals surface area contributed by atoms with Crippen LogP contribution in [0.5, 0.6) is 0 Å². The number of H-pyrrole nitrogens is 1. The number of alkyl halides is 3. The summed E-state index contributed by atoms with van der Waals surface area (Å²) in [5.41, 5.74) is 3.47.